The van der Waals surface area contributed by atoms with Crippen molar-refractivity contribution in [1.29, 1.82) is 5.26 Å². The van der Waals surface area contributed by atoms with E-state index in [1.54, 1.807) is 18.5 Å². The van der Waals surface area contributed by atoms with Gasteiger partial charge in [0.1, 0.15) is 0 Å². The molecule has 4 nitrogen and oxygen atoms in total. The van der Waals surface area contributed by atoms with Crippen LogP contribution in [0.4, 0.5) is 0 Å². The molecule has 0 spiro atoms. The van der Waals surface area contributed by atoms with Gasteiger partial charge in [-0.2, -0.15) is 5.26 Å². The number of aromatic nitrogens is 1. The number of rotatable bonds is 5. The molecule has 0 aliphatic rings. The van der Waals surface area contributed by atoms with Gasteiger partial charge in [-0.3, -0.25) is 9.78 Å². The Balaban J connectivity index is 2.33. The average Bonchev–Trinajstić information content (AvgIpc) is 2.28. The number of pyridine rings is 1. The molecule has 1 rings (SSSR count). The molecule has 1 N–H and O–H groups in total. The van der Waals surface area contributed by atoms with Crippen molar-refractivity contribution in [3.05, 3.63) is 29.6 Å². The van der Waals surface area contributed by atoms with Crippen LogP contribution in [0.5, 0.6) is 0 Å². The lowest BCUT2D eigenvalue weighted by atomic mass is 10.2. The van der Waals surface area contributed by atoms with Gasteiger partial charge in [0, 0.05) is 25.4 Å². The van der Waals surface area contributed by atoms with Crippen LogP contribution in [0.15, 0.2) is 18.5 Å². The monoisotopic (exact) mass is 217 g/mol. The highest BCUT2D eigenvalue weighted by Gasteiger charge is 2.04. The van der Waals surface area contributed by atoms with E-state index in [1.807, 2.05) is 6.92 Å². The van der Waals surface area contributed by atoms with Gasteiger partial charge in [0.15, 0.2) is 0 Å². The number of unbranched alkanes of at least 4 members (excludes halogenated alkanes) is 2. The molecule has 0 saturated heterocycles. The predicted molar refractivity (Wildman–Crippen MR) is 60.8 cm³/mol. The molecular weight excluding hydrogens is 202 g/mol. The molecule has 0 unspecified atom stereocenters. The Labute approximate surface area is 95.3 Å². The highest BCUT2D eigenvalue weighted by Crippen LogP contribution is 2.01. The second-order valence-electron chi connectivity index (χ2n) is 3.62. The third-order valence-electron chi connectivity index (χ3n) is 2.14. The first kappa shape index (κ1) is 12.2. The second kappa shape index (κ2) is 6.57. The largest absolute Gasteiger partial charge is 0.352 e. The molecule has 1 amide bonds. The fourth-order valence-corrected chi connectivity index (χ4v) is 1.31. The topological polar surface area (TPSA) is 65.8 Å². The number of nitriles is 1. The molecule has 0 atom stereocenters. The molecular formula is C12H15N3O. The van der Waals surface area contributed by atoms with Crippen molar-refractivity contribution in [1.82, 2.24) is 10.3 Å². The third-order valence-corrected chi connectivity index (χ3v) is 2.14. The zero-order valence-corrected chi connectivity index (χ0v) is 9.36. The Kier molecular flexibility index (Phi) is 5.00. The summed E-state index contributed by atoms with van der Waals surface area (Å²) in [6.45, 7) is 2.51. The van der Waals surface area contributed by atoms with Gasteiger partial charge >= 0.3 is 0 Å². The fraction of sp³-hybridized carbons (Fsp3) is 0.417. The van der Waals surface area contributed by atoms with E-state index < -0.39 is 0 Å². The van der Waals surface area contributed by atoms with E-state index >= 15 is 0 Å². The van der Waals surface area contributed by atoms with Crippen LogP contribution < -0.4 is 5.32 Å². The molecule has 1 aromatic heterocycles. The molecule has 16 heavy (non-hydrogen) atoms. The van der Waals surface area contributed by atoms with Crippen molar-refractivity contribution < 1.29 is 4.79 Å². The molecule has 84 valence electrons. The molecule has 0 saturated carbocycles. The van der Waals surface area contributed by atoms with Crippen LogP contribution in [0.2, 0.25) is 0 Å². The first-order chi connectivity index (χ1) is 7.74. The summed E-state index contributed by atoms with van der Waals surface area (Å²) in [5.41, 5.74) is 1.55. The SMILES string of the molecule is Cc1cncc(C(=O)NCCCCC#N)c1. The molecule has 1 heterocycles. The van der Waals surface area contributed by atoms with Gasteiger partial charge in [-0.25, -0.2) is 0 Å². The number of carbonyl (C=O) groups excluding carboxylic acids is 1. The number of aryl methyl sites for hydroxylation is 1. The van der Waals surface area contributed by atoms with Gasteiger partial charge in [-0.1, -0.05) is 0 Å². The third kappa shape index (κ3) is 4.09. The maximum Gasteiger partial charge on any atom is 0.252 e. The van der Waals surface area contributed by atoms with E-state index in [4.69, 9.17) is 5.26 Å². The minimum atomic E-state index is -0.104. The summed E-state index contributed by atoms with van der Waals surface area (Å²) in [5, 5.41) is 11.1. The Hall–Kier alpha value is -1.89. The quantitative estimate of drug-likeness (QED) is 0.765. The lowest BCUT2D eigenvalue weighted by molar-refractivity contribution is 0.0952. The Morgan fingerprint density at radius 1 is 1.50 bits per heavy atom. The van der Waals surface area contributed by atoms with E-state index in [0.717, 1.165) is 18.4 Å². The molecule has 0 bridgehead atoms. The Morgan fingerprint density at radius 3 is 3.00 bits per heavy atom. The number of carbonyl (C=O) groups is 1. The normalized spacial score (nSPS) is 9.50. The van der Waals surface area contributed by atoms with E-state index in [1.165, 1.54) is 0 Å². The number of hydrogen-bond acceptors (Lipinski definition) is 3. The van der Waals surface area contributed by atoms with Crippen LogP contribution in [0.3, 0.4) is 0 Å². The van der Waals surface area contributed by atoms with E-state index in [-0.39, 0.29) is 5.91 Å². The molecule has 0 aromatic carbocycles. The van der Waals surface area contributed by atoms with Crippen molar-refractivity contribution in [2.75, 3.05) is 6.54 Å². The lowest BCUT2D eigenvalue weighted by Crippen LogP contribution is -2.24. The zero-order valence-electron chi connectivity index (χ0n) is 9.36. The smallest absolute Gasteiger partial charge is 0.252 e. The maximum absolute atomic E-state index is 11.6. The van der Waals surface area contributed by atoms with Crippen molar-refractivity contribution in [3.8, 4) is 6.07 Å². The summed E-state index contributed by atoms with van der Waals surface area (Å²) in [4.78, 5) is 15.6. The number of hydrogen-bond donors (Lipinski definition) is 1. The van der Waals surface area contributed by atoms with Gasteiger partial charge in [0.2, 0.25) is 0 Å². The molecule has 1 aromatic rings. The molecule has 0 fully saturated rings. The van der Waals surface area contributed by atoms with E-state index in [0.29, 0.717) is 18.5 Å². The first-order valence-electron chi connectivity index (χ1n) is 5.31. The molecule has 0 radical (unpaired) electrons. The van der Waals surface area contributed by atoms with Crippen molar-refractivity contribution >= 4 is 5.91 Å². The van der Waals surface area contributed by atoms with Crippen LogP contribution in [-0.2, 0) is 0 Å². The minimum Gasteiger partial charge on any atom is -0.352 e. The summed E-state index contributed by atoms with van der Waals surface area (Å²) >= 11 is 0. The van der Waals surface area contributed by atoms with Crippen LogP contribution in [0, 0.1) is 18.3 Å². The van der Waals surface area contributed by atoms with E-state index in [9.17, 15) is 4.79 Å². The summed E-state index contributed by atoms with van der Waals surface area (Å²) in [7, 11) is 0. The highest BCUT2D eigenvalue weighted by molar-refractivity contribution is 5.93. The number of amides is 1. The van der Waals surface area contributed by atoms with E-state index in [2.05, 4.69) is 16.4 Å². The Morgan fingerprint density at radius 2 is 2.31 bits per heavy atom. The van der Waals surface area contributed by atoms with Crippen LogP contribution in [0.1, 0.15) is 35.2 Å². The molecule has 0 aliphatic carbocycles. The van der Waals surface area contributed by atoms with Crippen LogP contribution in [-0.4, -0.2) is 17.4 Å². The van der Waals surface area contributed by atoms with Crippen LogP contribution >= 0.6 is 0 Å². The summed E-state index contributed by atoms with van der Waals surface area (Å²) < 4.78 is 0. The maximum atomic E-state index is 11.6. The molecule has 0 aliphatic heterocycles. The number of nitrogens with one attached hydrogen (secondary N) is 1. The van der Waals surface area contributed by atoms with Gasteiger partial charge in [0.25, 0.3) is 5.91 Å². The molecule has 4 heteroatoms. The highest BCUT2D eigenvalue weighted by atomic mass is 16.1. The van der Waals surface area contributed by atoms with Gasteiger partial charge in [-0.15, -0.1) is 0 Å². The van der Waals surface area contributed by atoms with Crippen molar-refractivity contribution in [2.45, 2.75) is 26.2 Å². The standard InChI is InChI=1S/C12H15N3O/c1-10-7-11(9-14-8-10)12(16)15-6-4-2-3-5-13/h7-9H,2-4,6H2,1H3,(H,15,16). The van der Waals surface area contributed by atoms with Gasteiger partial charge in [-0.05, 0) is 31.4 Å². The van der Waals surface area contributed by atoms with Crippen LogP contribution in [0.25, 0.3) is 0 Å². The van der Waals surface area contributed by atoms with Gasteiger partial charge < -0.3 is 5.32 Å². The minimum absolute atomic E-state index is 0.104. The zero-order chi connectivity index (χ0) is 11.8. The fourth-order valence-electron chi connectivity index (χ4n) is 1.31. The summed E-state index contributed by atoms with van der Waals surface area (Å²) in [6, 6.07) is 3.88. The Bertz CT molecular complexity index is 395. The van der Waals surface area contributed by atoms with Gasteiger partial charge in [0.05, 0.1) is 11.6 Å². The lowest BCUT2D eigenvalue weighted by Gasteiger charge is -2.04. The second-order valence-corrected chi connectivity index (χ2v) is 3.62. The average molecular weight is 217 g/mol. The predicted octanol–water partition coefficient (Wildman–Crippen LogP) is 1.81. The summed E-state index contributed by atoms with van der Waals surface area (Å²) in [5.74, 6) is -0.104. The van der Waals surface area contributed by atoms with Crippen molar-refractivity contribution in [3.63, 3.8) is 0 Å². The summed E-state index contributed by atoms with van der Waals surface area (Å²) in [6.07, 6.45) is 5.46. The first-order valence-corrected chi connectivity index (χ1v) is 5.31. The number of nitrogens with zero attached hydrogens (tertiary/aromatic N) is 2. The van der Waals surface area contributed by atoms with Crippen molar-refractivity contribution in [2.24, 2.45) is 0 Å².